The highest BCUT2D eigenvalue weighted by Crippen LogP contribution is 2.35. The number of benzene rings is 1. The minimum atomic E-state index is -0.718. The molecule has 0 bridgehead atoms. The normalized spacial score (nSPS) is 25.3. The van der Waals surface area contributed by atoms with Gasteiger partial charge in [0.15, 0.2) is 11.6 Å². The predicted octanol–water partition coefficient (Wildman–Crippen LogP) is 2.46. The van der Waals surface area contributed by atoms with Crippen LogP contribution in [-0.2, 0) is 4.74 Å². The van der Waals surface area contributed by atoms with Crippen molar-refractivity contribution in [1.82, 2.24) is 4.90 Å². The van der Waals surface area contributed by atoms with Crippen molar-refractivity contribution in [1.29, 1.82) is 5.26 Å². The Labute approximate surface area is 138 Å². The van der Waals surface area contributed by atoms with E-state index >= 15 is 0 Å². The Kier molecular flexibility index (Phi) is 5.05. The minimum absolute atomic E-state index is 0.00938. The van der Waals surface area contributed by atoms with E-state index in [1.807, 2.05) is 11.8 Å². The lowest BCUT2D eigenvalue weighted by Crippen LogP contribution is -2.57. The molecule has 7 heteroatoms. The van der Waals surface area contributed by atoms with E-state index in [0.717, 1.165) is 43.1 Å². The van der Waals surface area contributed by atoms with Crippen LogP contribution in [0.3, 0.4) is 0 Å². The molecule has 0 aromatic heterocycles. The highest BCUT2D eigenvalue weighted by molar-refractivity contribution is 7.99. The summed E-state index contributed by atoms with van der Waals surface area (Å²) in [6, 6.07) is 3.89. The van der Waals surface area contributed by atoms with Crippen LogP contribution in [0.5, 0.6) is 0 Å². The van der Waals surface area contributed by atoms with Crippen molar-refractivity contribution in [2.75, 3.05) is 49.7 Å². The number of ether oxygens (including phenoxy) is 1. The number of nitriles is 1. The number of thioether (sulfide) groups is 1. The van der Waals surface area contributed by atoms with Crippen LogP contribution in [-0.4, -0.2) is 54.8 Å². The summed E-state index contributed by atoms with van der Waals surface area (Å²) in [5.74, 6) is 0.560. The Bertz CT molecular complexity index is 585. The van der Waals surface area contributed by atoms with Gasteiger partial charge in [-0.2, -0.15) is 17.0 Å². The molecule has 1 N–H and O–H groups in total. The molecule has 1 atom stereocenters. The molecule has 0 spiro atoms. The van der Waals surface area contributed by atoms with Gasteiger partial charge in [-0.3, -0.25) is 4.90 Å². The maximum absolute atomic E-state index is 14.0. The number of hydrogen-bond donors (Lipinski definition) is 1. The zero-order valence-corrected chi connectivity index (χ0v) is 13.6. The van der Waals surface area contributed by atoms with Crippen LogP contribution in [0, 0.1) is 23.0 Å². The second-order valence-corrected chi connectivity index (χ2v) is 7.01. The number of morpholine rings is 1. The number of hydrogen-bond acceptors (Lipinski definition) is 5. The van der Waals surface area contributed by atoms with Crippen molar-refractivity contribution in [2.24, 2.45) is 0 Å². The number of halogens is 2. The number of rotatable bonds is 4. The van der Waals surface area contributed by atoms with Gasteiger partial charge in [0.25, 0.3) is 0 Å². The van der Waals surface area contributed by atoms with E-state index in [4.69, 9.17) is 10.00 Å². The van der Waals surface area contributed by atoms with Gasteiger partial charge in [-0.05, 0) is 24.3 Å². The fourth-order valence-corrected chi connectivity index (χ4v) is 4.67. The van der Waals surface area contributed by atoms with Gasteiger partial charge in [-0.25, -0.2) is 8.78 Å². The third kappa shape index (κ3) is 3.44. The summed E-state index contributed by atoms with van der Waals surface area (Å²) in [6.45, 7) is 3.58. The van der Waals surface area contributed by atoms with E-state index in [-0.39, 0.29) is 16.8 Å². The molecule has 2 fully saturated rings. The van der Waals surface area contributed by atoms with Gasteiger partial charge in [0.1, 0.15) is 5.69 Å². The smallest absolute Gasteiger partial charge is 0.150 e. The monoisotopic (exact) mass is 339 g/mol. The lowest BCUT2D eigenvalue weighted by Gasteiger charge is -2.43. The summed E-state index contributed by atoms with van der Waals surface area (Å²) in [4.78, 5) is 2.38. The second kappa shape index (κ2) is 7.04. The lowest BCUT2D eigenvalue weighted by molar-refractivity contribution is -0.00924. The third-order valence-electron chi connectivity index (χ3n) is 4.53. The molecule has 2 saturated heterocycles. The van der Waals surface area contributed by atoms with Crippen LogP contribution in [0.2, 0.25) is 0 Å². The van der Waals surface area contributed by atoms with Crippen LogP contribution >= 0.6 is 11.8 Å². The Morgan fingerprint density at radius 1 is 1.30 bits per heavy atom. The zero-order chi connectivity index (χ0) is 16.3. The van der Waals surface area contributed by atoms with Crippen LogP contribution in [0.4, 0.5) is 14.5 Å². The highest BCUT2D eigenvalue weighted by atomic mass is 32.2. The standard InChI is InChI=1S/C16H19F2N3OS/c17-13-7-12(9-19)8-14(18)15(13)20-10-16(1-6-23-11-16)21-2-4-22-5-3-21/h7-8,20H,1-6,10-11H2. The van der Waals surface area contributed by atoms with Crippen molar-refractivity contribution >= 4 is 17.4 Å². The number of anilines is 1. The molecule has 2 aliphatic rings. The predicted molar refractivity (Wildman–Crippen MR) is 86.6 cm³/mol. The second-order valence-electron chi connectivity index (χ2n) is 5.91. The molecular weight excluding hydrogens is 320 g/mol. The van der Waals surface area contributed by atoms with Crippen molar-refractivity contribution in [3.05, 3.63) is 29.3 Å². The topological polar surface area (TPSA) is 48.3 Å². The van der Waals surface area contributed by atoms with Gasteiger partial charge < -0.3 is 10.1 Å². The first-order valence-corrected chi connectivity index (χ1v) is 8.84. The first-order chi connectivity index (χ1) is 11.1. The molecule has 124 valence electrons. The molecule has 0 aliphatic carbocycles. The Hall–Kier alpha value is -1.36. The van der Waals surface area contributed by atoms with Crippen LogP contribution in [0.25, 0.3) is 0 Å². The van der Waals surface area contributed by atoms with Crippen molar-refractivity contribution in [3.8, 4) is 6.07 Å². The first kappa shape index (κ1) is 16.5. The first-order valence-electron chi connectivity index (χ1n) is 7.68. The van der Waals surface area contributed by atoms with Gasteiger partial charge in [0.05, 0.1) is 24.8 Å². The summed E-state index contributed by atoms with van der Waals surface area (Å²) in [6.07, 6.45) is 0.990. The lowest BCUT2D eigenvalue weighted by atomic mass is 9.95. The van der Waals surface area contributed by atoms with Gasteiger partial charge in [-0.1, -0.05) is 0 Å². The Morgan fingerprint density at radius 3 is 2.57 bits per heavy atom. The summed E-state index contributed by atoms with van der Waals surface area (Å²) < 4.78 is 33.5. The van der Waals surface area contributed by atoms with Crippen molar-refractivity contribution in [2.45, 2.75) is 12.0 Å². The fourth-order valence-electron chi connectivity index (χ4n) is 3.19. The average molecular weight is 339 g/mol. The van der Waals surface area contributed by atoms with Crippen molar-refractivity contribution in [3.63, 3.8) is 0 Å². The van der Waals surface area contributed by atoms with Crippen molar-refractivity contribution < 1.29 is 13.5 Å². The number of nitrogens with one attached hydrogen (secondary N) is 1. The maximum atomic E-state index is 14.0. The average Bonchev–Trinajstić information content (AvgIpc) is 3.05. The van der Waals surface area contributed by atoms with E-state index in [2.05, 4.69) is 10.2 Å². The van der Waals surface area contributed by atoms with Gasteiger partial charge in [0, 0.05) is 30.9 Å². The van der Waals surface area contributed by atoms with Crippen LogP contribution in [0.15, 0.2) is 12.1 Å². The summed E-state index contributed by atoms with van der Waals surface area (Å²) >= 11 is 1.87. The quantitative estimate of drug-likeness (QED) is 0.913. The van der Waals surface area contributed by atoms with Gasteiger partial charge in [0.2, 0.25) is 0 Å². The van der Waals surface area contributed by atoms with Gasteiger partial charge in [-0.15, -0.1) is 0 Å². The summed E-state index contributed by atoms with van der Waals surface area (Å²) in [7, 11) is 0. The third-order valence-corrected chi connectivity index (χ3v) is 5.76. The molecule has 1 aromatic carbocycles. The molecule has 0 radical (unpaired) electrons. The maximum Gasteiger partial charge on any atom is 0.150 e. The molecular formula is C16H19F2N3OS. The molecule has 23 heavy (non-hydrogen) atoms. The summed E-state index contributed by atoms with van der Waals surface area (Å²) in [5, 5.41) is 11.7. The molecule has 1 aromatic rings. The van der Waals surface area contributed by atoms with Crippen LogP contribution < -0.4 is 5.32 Å². The van der Waals surface area contributed by atoms with E-state index in [0.29, 0.717) is 19.8 Å². The number of nitrogens with zero attached hydrogens (tertiary/aromatic N) is 2. The highest BCUT2D eigenvalue weighted by Gasteiger charge is 2.40. The minimum Gasteiger partial charge on any atom is -0.379 e. The fraction of sp³-hybridized carbons (Fsp3) is 0.562. The SMILES string of the molecule is N#Cc1cc(F)c(NCC2(N3CCOCC3)CCSC2)c(F)c1. The molecule has 2 aliphatic heterocycles. The zero-order valence-electron chi connectivity index (χ0n) is 12.8. The Morgan fingerprint density at radius 2 is 2.00 bits per heavy atom. The summed E-state index contributed by atoms with van der Waals surface area (Å²) in [5.41, 5.74) is -0.250. The molecule has 0 saturated carbocycles. The van der Waals surface area contributed by atoms with Crippen LogP contribution in [0.1, 0.15) is 12.0 Å². The van der Waals surface area contributed by atoms with E-state index < -0.39 is 11.6 Å². The van der Waals surface area contributed by atoms with E-state index in [1.165, 1.54) is 0 Å². The molecule has 4 nitrogen and oxygen atoms in total. The van der Waals surface area contributed by atoms with E-state index in [9.17, 15) is 8.78 Å². The molecule has 2 heterocycles. The van der Waals surface area contributed by atoms with E-state index in [1.54, 1.807) is 6.07 Å². The largest absolute Gasteiger partial charge is 0.379 e. The molecule has 0 amide bonds. The molecule has 3 rings (SSSR count). The molecule has 1 unspecified atom stereocenters. The Balaban J connectivity index is 1.76. The van der Waals surface area contributed by atoms with Gasteiger partial charge >= 0.3 is 0 Å².